The standard InChI is InChI=1S/C20H31N5OS/c1-15(2)13-26-18-8-6-16(7-9-18)10-11-22-19(21-3)23-12-17-14-27-20(24-17)25(4)5/h6-9,14-15H,10-13H2,1-5H3,(H2,21,22,23). The summed E-state index contributed by atoms with van der Waals surface area (Å²) in [5, 5.41) is 9.73. The maximum atomic E-state index is 5.72. The molecule has 0 unspecified atom stereocenters. The molecule has 6 nitrogen and oxygen atoms in total. The third kappa shape index (κ3) is 7.46. The monoisotopic (exact) mass is 389 g/mol. The van der Waals surface area contributed by atoms with Crippen molar-refractivity contribution < 1.29 is 4.74 Å². The molecule has 0 atom stereocenters. The van der Waals surface area contributed by atoms with Crippen LogP contribution in [0, 0.1) is 5.92 Å². The molecule has 0 aliphatic rings. The fraction of sp³-hybridized carbons (Fsp3) is 0.500. The maximum Gasteiger partial charge on any atom is 0.191 e. The van der Waals surface area contributed by atoms with Gasteiger partial charge in [0.05, 0.1) is 18.8 Å². The van der Waals surface area contributed by atoms with Crippen LogP contribution in [0.4, 0.5) is 5.13 Å². The zero-order chi connectivity index (χ0) is 19.6. The van der Waals surface area contributed by atoms with Crippen molar-refractivity contribution in [3.05, 3.63) is 40.9 Å². The number of anilines is 1. The summed E-state index contributed by atoms with van der Waals surface area (Å²) in [6.07, 6.45) is 0.923. The first-order valence-corrected chi connectivity index (χ1v) is 10.1. The molecule has 2 rings (SSSR count). The van der Waals surface area contributed by atoms with E-state index in [0.717, 1.165) is 42.1 Å². The van der Waals surface area contributed by atoms with Crippen molar-refractivity contribution in [3.63, 3.8) is 0 Å². The van der Waals surface area contributed by atoms with Crippen molar-refractivity contribution in [1.29, 1.82) is 0 Å². The van der Waals surface area contributed by atoms with Gasteiger partial charge < -0.3 is 20.3 Å². The Labute approximate surface area is 166 Å². The van der Waals surface area contributed by atoms with E-state index in [1.165, 1.54) is 5.56 Å². The summed E-state index contributed by atoms with van der Waals surface area (Å²) in [7, 11) is 5.78. The van der Waals surface area contributed by atoms with Gasteiger partial charge in [-0.25, -0.2) is 4.98 Å². The van der Waals surface area contributed by atoms with Crippen molar-refractivity contribution in [2.24, 2.45) is 10.9 Å². The van der Waals surface area contributed by atoms with Crippen molar-refractivity contribution >= 4 is 22.4 Å². The lowest BCUT2D eigenvalue weighted by atomic mass is 10.1. The number of aliphatic imine (C=N–C) groups is 1. The van der Waals surface area contributed by atoms with Gasteiger partial charge in [0.2, 0.25) is 0 Å². The average Bonchev–Trinajstić information content (AvgIpc) is 3.13. The van der Waals surface area contributed by atoms with Gasteiger partial charge in [-0.1, -0.05) is 26.0 Å². The number of hydrogen-bond donors (Lipinski definition) is 2. The average molecular weight is 390 g/mol. The molecule has 0 saturated carbocycles. The largest absolute Gasteiger partial charge is 0.493 e. The van der Waals surface area contributed by atoms with E-state index < -0.39 is 0 Å². The number of guanidine groups is 1. The van der Waals surface area contributed by atoms with Crippen LogP contribution in [0.2, 0.25) is 0 Å². The number of nitrogens with zero attached hydrogens (tertiary/aromatic N) is 3. The van der Waals surface area contributed by atoms with Crippen molar-refractivity contribution in [2.45, 2.75) is 26.8 Å². The lowest BCUT2D eigenvalue weighted by Gasteiger charge is -2.12. The molecule has 7 heteroatoms. The molecule has 0 spiro atoms. The summed E-state index contributed by atoms with van der Waals surface area (Å²) < 4.78 is 5.72. The van der Waals surface area contributed by atoms with E-state index in [1.807, 2.05) is 31.1 Å². The van der Waals surface area contributed by atoms with Crippen LogP contribution in [0.15, 0.2) is 34.6 Å². The van der Waals surface area contributed by atoms with Crippen LogP contribution < -0.4 is 20.3 Å². The van der Waals surface area contributed by atoms with Crippen LogP contribution in [0.1, 0.15) is 25.1 Å². The number of benzene rings is 1. The SMILES string of the molecule is CN=C(NCCc1ccc(OCC(C)C)cc1)NCc1csc(N(C)C)n1. The number of thiazole rings is 1. The Balaban J connectivity index is 1.72. The maximum absolute atomic E-state index is 5.72. The molecule has 0 amide bonds. The first kappa shape index (κ1) is 21.0. The van der Waals surface area contributed by atoms with E-state index in [-0.39, 0.29) is 0 Å². The van der Waals surface area contributed by atoms with E-state index in [0.29, 0.717) is 12.5 Å². The molecule has 0 saturated heterocycles. The summed E-state index contributed by atoms with van der Waals surface area (Å²) >= 11 is 1.64. The minimum atomic E-state index is 0.534. The van der Waals surface area contributed by atoms with E-state index in [2.05, 4.69) is 52.0 Å². The van der Waals surface area contributed by atoms with Gasteiger partial charge in [0.1, 0.15) is 5.75 Å². The highest BCUT2D eigenvalue weighted by Crippen LogP contribution is 2.17. The minimum absolute atomic E-state index is 0.534. The molecule has 1 aromatic heterocycles. The third-order valence-corrected chi connectivity index (χ3v) is 4.85. The summed E-state index contributed by atoms with van der Waals surface area (Å²) in [4.78, 5) is 10.9. The molecular weight excluding hydrogens is 358 g/mol. The quantitative estimate of drug-likeness (QED) is 0.510. The van der Waals surface area contributed by atoms with Crippen LogP contribution >= 0.6 is 11.3 Å². The van der Waals surface area contributed by atoms with Crippen LogP contribution in [-0.2, 0) is 13.0 Å². The molecule has 0 fully saturated rings. The molecule has 2 N–H and O–H groups in total. The Kier molecular flexibility index (Phi) is 8.39. The highest BCUT2D eigenvalue weighted by atomic mass is 32.1. The lowest BCUT2D eigenvalue weighted by Crippen LogP contribution is -2.37. The van der Waals surface area contributed by atoms with E-state index in [1.54, 1.807) is 18.4 Å². The number of ether oxygens (including phenoxy) is 1. The molecule has 1 heterocycles. The van der Waals surface area contributed by atoms with E-state index in [4.69, 9.17) is 4.74 Å². The Hall–Kier alpha value is -2.28. The number of nitrogens with one attached hydrogen (secondary N) is 2. The Morgan fingerprint density at radius 2 is 1.96 bits per heavy atom. The third-order valence-electron chi connectivity index (χ3n) is 3.80. The lowest BCUT2D eigenvalue weighted by molar-refractivity contribution is 0.271. The smallest absolute Gasteiger partial charge is 0.191 e. The Bertz CT molecular complexity index is 709. The van der Waals surface area contributed by atoms with Gasteiger partial charge in [-0.2, -0.15) is 0 Å². The molecule has 0 aliphatic carbocycles. The summed E-state index contributed by atoms with van der Waals surface area (Å²) in [5.41, 5.74) is 2.29. The van der Waals surface area contributed by atoms with Crippen LogP contribution in [0.25, 0.3) is 0 Å². The second-order valence-corrected chi connectivity index (χ2v) is 7.80. The number of hydrogen-bond acceptors (Lipinski definition) is 5. The van der Waals surface area contributed by atoms with Gasteiger partial charge in [-0.05, 0) is 30.0 Å². The van der Waals surface area contributed by atoms with Gasteiger partial charge in [0.25, 0.3) is 0 Å². The van der Waals surface area contributed by atoms with Gasteiger partial charge in [0.15, 0.2) is 11.1 Å². The van der Waals surface area contributed by atoms with Gasteiger partial charge in [0, 0.05) is 33.1 Å². The van der Waals surface area contributed by atoms with Crippen molar-refractivity contribution in [1.82, 2.24) is 15.6 Å². The first-order chi connectivity index (χ1) is 13.0. The highest BCUT2D eigenvalue weighted by Gasteiger charge is 2.05. The minimum Gasteiger partial charge on any atom is -0.493 e. The second-order valence-electron chi connectivity index (χ2n) is 6.97. The normalized spacial score (nSPS) is 11.6. The van der Waals surface area contributed by atoms with Crippen LogP contribution in [0.3, 0.4) is 0 Å². The summed E-state index contributed by atoms with van der Waals surface area (Å²) in [6.45, 7) is 6.52. The zero-order valence-electron chi connectivity index (χ0n) is 17.0. The van der Waals surface area contributed by atoms with Crippen LogP contribution in [-0.4, -0.2) is 45.2 Å². The number of aromatic nitrogens is 1. The zero-order valence-corrected chi connectivity index (χ0v) is 17.8. The number of rotatable bonds is 9. The van der Waals surface area contributed by atoms with E-state index in [9.17, 15) is 0 Å². The molecule has 148 valence electrons. The molecule has 1 aromatic carbocycles. The molecule has 0 radical (unpaired) electrons. The second kappa shape index (κ2) is 10.8. The van der Waals surface area contributed by atoms with Gasteiger partial charge in [-0.3, -0.25) is 4.99 Å². The topological polar surface area (TPSA) is 61.8 Å². The van der Waals surface area contributed by atoms with Crippen molar-refractivity contribution in [3.8, 4) is 5.75 Å². The molecule has 27 heavy (non-hydrogen) atoms. The predicted molar refractivity (Wildman–Crippen MR) is 115 cm³/mol. The summed E-state index contributed by atoms with van der Waals surface area (Å²) in [5.74, 6) is 2.25. The highest BCUT2D eigenvalue weighted by molar-refractivity contribution is 7.13. The van der Waals surface area contributed by atoms with E-state index >= 15 is 0 Å². The predicted octanol–water partition coefficient (Wildman–Crippen LogP) is 3.15. The summed E-state index contributed by atoms with van der Waals surface area (Å²) in [6, 6.07) is 8.31. The Morgan fingerprint density at radius 1 is 1.22 bits per heavy atom. The molecular formula is C20H31N5OS. The fourth-order valence-corrected chi connectivity index (χ4v) is 3.08. The molecule has 2 aromatic rings. The first-order valence-electron chi connectivity index (χ1n) is 9.26. The Morgan fingerprint density at radius 3 is 2.56 bits per heavy atom. The molecule has 0 bridgehead atoms. The fourth-order valence-electron chi connectivity index (χ4n) is 2.32. The molecule has 0 aliphatic heterocycles. The van der Waals surface area contributed by atoms with Gasteiger partial charge in [-0.15, -0.1) is 11.3 Å². The van der Waals surface area contributed by atoms with Crippen molar-refractivity contribution in [2.75, 3.05) is 39.2 Å². The van der Waals surface area contributed by atoms with Crippen LogP contribution in [0.5, 0.6) is 5.75 Å². The van der Waals surface area contributed by atoms with Gasteiger partial charge >= 0.3 is 0 Å².